The van der Waals surface area contributed by atoms with Gasteiger partial charge in [-0.1, -0.05) is 0 Å². The van der Waals surface area contributed by atoms with Crippen LogP contribution < -0.4 is 11.5 Å². The Balaban J connectivity index is 3.65. The number of rotatable bonds is 4. The molecule has 0 aromatic heterocycles. The minimum absolute atomic E-state index is 0.297. The number of amides is 2. The van der Waals surface area contributed by atoms with Gasteiger partial charge in [-0.15, -0.1) is 9.81 Å². The topological polar surface area (TPSA) is 145 Å². The van der Waals surface area contributed by atoms with Crippen molar-refractivity contribution in [2.75, 3.05) is 0 Å². The molecule has 0 unspecified atom stereocenters. The van der Waals surface area contributed by atoms with Crippen LogP contribution in [0.4, 0.5) is 11.4 Å². The first-order valence-corrected chi connectivity index (χ1v) is 3.96. The summed E-state index contributed by atoms with van der Waals surface area (Å²) in [5.41, 5.74) is 8.12. The van der Waals surface area contributed by atoms with Crippen molar-refractivity contribution in [3.05, 3.63) is 33.1 Å². The molecule has 0 atom stereocenters. The zero-order valence-electron chi connectivity index (χ0n) is 7.84. The Bertz CT molecular complexity index is 452. The van der Waals surface area contributed by atoms with Crippen LogP contribution in [0.15, 0.2) is 22.5 Å². The van der Waals surface area contributed by atoms with Crippen molar-refractivity contribution in [2.45, 2.75) is 0 Å². The van der Waals surface area contributed by atoms with Gasteiger partial charge in [-0.25, -0.2) is 0 Å². The summed E-state index contributed by atoms with van der Waals surface area (Å²) in [5, 5.41) is 4.91. The monoisotopic (exact) mass is 222 g/mol. The Labute approximate surface area is 88.6 Å². The highest BCUT2D eigenvalue weighted by Crippen LogP contribution is 2.34. The van der Waals surface area contributed by atoms with Crippen LogP contribution in [0.1, 0.15) is 20.7 Å². The van der Waals surface area contributed by atoms with Crippen molar-refractivity contribution >= 4 is 23.2 Å². The van der Waals surface area contributed by atoms with Gasteiger partial charge in [-0.05, 0) is 22.5 Å². The van der Waals surface area contributed by atoms with Gasteiger partial charge in [-0.3, -0.25) is 9.59 Å². The average molecular weight is 222 g/mol. The zero-order chi connectivity index (χ0) is 12.3. The highest BCUT2D eigenvalue weighted by Gasteiger charge is 2.20. The number of benzene rings is 1. The molecule has 4 N–H and O–H groups in total. The van der Waals surface area contributed by atoms with Crippen LogP contribution in [0.2, 0.25) is 0 Å². The lowest BCUT2D eigenvalue weighted by atomic mass is 10.1. The van der Waals surface area contributed by atoms with E-state index in [0.29, 0.717) is 0 Å². The second kappa shape index (κ2) is 4.26. The lowest BCUT2D eigenvalue weighted by molar-refractivity contribution is 0.0989. The molecule has 0 radical (unpaired) electrons. The second-order valence-electron chi connectivity index (χ2n) is 2.77. The van der Waals surface area contributed by atoms with E-state index in [9.17, 15) is 19.4 Å². The third-order valence-corrected chi connectivity index (χ3v) is 1.86. The SMILES string of the molecule is NC(=O)c1ccc(C(N)=O)c(N=O)c1N=O. The zero-order valence-corrected chi connectivity index (χ0v) is 7.84. The summed E-state index contributed by atoms with van der Waals surface area (Å²) in [6, 6.07) is 2.15. The van der Waals surface area contributed by atoms with E-state index in [2.05, 4.69) is 10.4 Å². The first-order valence-electron chi connectivity index (χ1n) is 3.96. The third-order valence-electron chi connectivity index (χ3n) is 1.86. The van der Waals surface area contributed by atoms with E-state index in [1.807, 2.05) is 0 Å². The number of nitroso groups, excluding NO2 is 2. The van der Waals surface area contributed by atoms with E-state index >= 15 is 0 Å². The van der Waals surface area contributed by atoms with Crippen LogP contribution in [0.3, 0.4) is 0 Å². The molecule has 0 saturated heterocycles. The van der Waals surface area contributed by atoms with Gasteiger partial charge in [0.1, 0.15) is 0 Å². The Morgan fingerprint density at radius 1 is 0.875 bits per heavy atom. The Morgan fingerprint density at radius 2 is 1.19 bits per heavy atom. The molecule has 8 nitrogen and oxygen atoms in total. The fourth-order valence-electron chi connectivity index (χ4n) is 1.16. The molecule has 0 aliphatic heterocycles. The Kier molecular flexibility index (Phi) is 3.04. The number of carbonyl (C=O) groups excluding carboxylic acids is 2. The number of primary amides is 2. The van der Waals surface area contributed by atoms with Crippen LogP contribution in [0.5, 0.6) is 0 Å². The van der Waals surface area contributed by atoms with Crippen LogP contribution in [-0.2, 0) is 0 Å². The van der Waals surface area contributed by atoms with E-state index in [0.717, 1.165) is 12.1 Å². The van der Waals surface area contributed by atoms with Crippen LogP contribution in [0.25, 0.3) is 0 Å². The van der Waals surface area contributed by atoms with Crippen molar-refractivity contribution in [1.82, 2.24) is 0 Å². The summed E-state index contributed by atoms with van der Waals surface area (Å²) in [6.45, 7) is 0. The summed E-state index contributed by atoms with van der Waals surface area (Å²) in [7, 11) is 0. The minimum Gasteiger partial charge on any atom is -0.366 e. The molecule has 2 amide bonds. The van der Waals surface area contributed by atoms with Crippen molar-refractivity contribution in [3.8, 4) is 0 Å². The van der Waals surface area contributed by atoms with Crippen molar-refractivity contribution in [3.63, 3.8) is 0 Å². The van der Waals surface area contributed by atoms with Crippen LogP contribution in [0, 0.1) is 9.81 Å². The molecule has 1 aromatic rings. The largest absolute Gasteiger partial charge is 0.366 e. The quantitative estimate of drug-likeness (QED) is 0.721. The highest BCUT2D eigenvalue weighted by atomic mass is 16.3. The van der Waals surface area contributed by atoms with Crippen LogP contribution >= 0.6 is 0 Å². The first kappa shape index (κ1) is 11.4. The van der Waals surface area contributed by atoms with Crippen molar-refractivity contribution in [2.24, 2.45) is 21.8 Å². The molecule has 0 saturated carbocycles. The first-order chi connectivity index (χ1) is 7.52. The van der Waals surface area contributed by atoms with Gasteiger partial charge in [0.05, 0.1) is 11.1 Å². The number of hydrogen-bond donors (Lipinski definition) is 2. The average Bonchev–Trinajstić information content (AvgIpc) is 2.26. The summed E-state index contributed by atoms with van der Waals surface area (Å²) < 4.78 is 0. The molecule has 1 rings (SSSR count). The molecule has 0 spiro atoms. The van der Waals surface area contributed by atoms with E-state index in [4.69, 9.17) is 11.5 Å². The predicted molar refractivity (Wildman–Crippen MR) is 54.4 cm³/mol. The third kappa shape index (κ3) is 1.75. The molecular formula is C8H6N4O4. The predicted octanol–water partition coefficient (Wildman–Crippen LogP) is 0.680. The molecule has 8 heteroatoms. The Hall–Kier alpha value is -2.64. The lowest BCUT2D eigenvalue weighted by Crippen LogP contribution is -2.14. The molecular weight excluding hydrogens is 216 g/mol. The van der Waals surface area contributed by atoms with E-state index in [1.54, 1.807) is 0 Å². The molecule has 0 heterocycles. The maximum Gasteiger partial charge on any atom is 0.251 e. The fourth-order valence-corrected chi connectivity index (χ4v) is 1.16. The lowest BCUT2D eigenvalue weighted by Gasteiger charge is -2.04. The van der Waals surface area contributed by atoms with E-state index in [1.165, 1.54) is 0 Å². The fraction of sp³-hybridized carbons (Fsp3) is 0. The molecule has 0 bridgehead atoms. The van der Waals surface area contributed by atoms with Gasteiger partial charge in [0.15, 0.2) is 11.4 Å². The normalized spacial score (nSPS) is 9.50. The summed E-state index contributed by atoms with van der Waals surface area (Å²) in [4.78, 5) is 42.7. The number of carbonyl (C=O) groups is 2. The molecule has 0 aliphatic rings. The van der Waals surface area contributed by atoms with E-state index < -0.39 is 23.2 Å². The van der Waals surface area contributed by atoms with Crippen molar-refractivity contribution in [1.29, 1.82) is 0 Å². The maximum atomic E-state index is 10.9. The van der Waals surface area contributed by atoms with Crippen LogP contribution in [-0.4, -0.2) is 11.8 Å². The van der Waals surface area contributed by atoms with Gasteiger partial charge in [0.25, 0.3) is 11.8 Å². The minimum atomic E-state index is -0.962. The molecule has 0 aliphatic carbocycles. The standard InChI is InChI=1S/C8H6N4O4/c9-7(13)3-1-2-4(8(10)14)6(12-16)5(3)11-15/h1-2H,(H2,9,13)(H2,10,14). The highest BCUT2D eigenvalue weighted by molar-refractivity contribution is 6.06. The Morgan fingerprint density at radius 3 is 1.38 bits per heavy atom. The van der Waals surface area contributed by atoms with Gasteiger partial charge in [-0.2, -0.15) is 0 Å². The smallest absolute Gasteiger partial charge is 0.251 e. The summed E-state index contributed by atoms with van der Waals surface area (Å²) in [5.74, 6) is -1.92. The maximum absolute atomic E-state index is 10.9. The van der Waals surface area contributed by atoms with Gasteiger partial charge >= 0.3 is 0 Å². The number of hydrogen-bond acceptors (Lipinski definition) is 6. The number of nitrogens with two attached hydrogens (primary N) is 2. The summed E-state index contributed by atoms with van der Waals surface area (Å²) >= 11 is 0. The molecule has 0 fully saturated rings. The summed E-state index contributed by atoms with van der Waals surface area (Å²) in [6.07, 6.45) is 0. The van der Waals surface area contributed by atoms with Crippen molar-refractivity contribution < 1.29 is 9.59 Å². The van der Waals surface area contributed by atoms with Gasteiger partial charge in [0, 0.05) is 0 Å². The second-order valence-corrected chi connectivity index (χ2v) is 2.77. The molecule has 82 valence electrons. The molecule has 16 heavy (non-hydrogen) atoms. The van der Waals surface area contributed by atoms with E-state index in [-0.39, 0.29) is 11.1 Å². The number of nitrogens with zero attached hydrogens (tertiary/aromatic N) is 2. The molecule has 1 aromatic carbocycles. The van der Waals surface area contributed by atoms with Gasteiger partial charge < -0.3 is 11.5 Å². The van der Waals surface area contributed by atoms with Gasteiger partial charge in [0.2, 0.25) is 0 Å².